The van der Waals surface area contributed by atoms with Gasteiger partial charge in [-0.1, -0.05) is 35.9 Å². The van der Waals surface area contributed by atoms with Gasteiger partial charge in [-0.15, -0.1) is 5.10 Å². The van der Waals surface area contributed by atoms with Crippen molar-refractivity contribution in [3.8, 4) is 0 Å². The highest BCUT2D eigenvalue weighted by Gasteiger charge is 2.29. The molecule has 0 amide bonds. The quantitative estimate of drug-likeness (QED) is 0.924. The molecular formula is C13H16ClN3O. The van der Waals surface area contributed by atoms with E-state index in [1.54, 1.807) is 29.9 Å². The topological polar surface area (TPSA) is 50.9 Å². The zero-order chi connectivity index (χ0) is 13.2. The molecule has 1 atom stereocenters. The summed E-state index contributed by atoms with van der Waals surface area (Å²) in [6, 6.07) is 7.15. The first-order valence-electron chi connectivity index (χ1n) is 5.93. The van der Waals surface area contributed by atoms with Crippen LogP contribution < -0.4 is 0 Å². The highest BCUT2D eigenvalue weighted by Crippen LogP contribution is 2.29. The molecule has 0 saturated heterocycles. The standard InChI is InChI=1S/C13H16ClN3O/c1-3-8-17-12(9-15-16-17)13(2,18)10-4-6-11(14)7-5-10/h4-7,9,18H,3,8H2,1-2H3. The van der Waals surface area contributed by atoms with E-state index in [0.29, 0.717) is 10.7 Å². The second kappa shape index (κ2) is 5.08. The fourth-order valence-corrected chi connectivity index (χ4v) is 2.06. The summed E-state index contributed by atoms with van der Waals surface area (Å²) in [6.45, 7) is 4.53. The molecule has 0 spiro atoms. The van der Waals surface area contributed by atoms with Gasteiger partial charge in [0.25, 0.3) is 0 Å². The van der Waals surface area contributed by atoms with Crippen molar-refractivity contribution >= 4 is 11.6 Å². The highest BCUT2D eigenvalue weighted by atomic mass is 35.5. The number of halogens is 1. The molecule has 1 aromatic carbocycles. The minimum Gasteiger partial charge on any atom is -0.379 e. The van der Waals surface area contributed by atoms with Crippen molar-refractivity contribution in [1.29, 1.82) is 0 Å². The van der Waals surface area contributed by atoms with Crippen LogP contribution in [0.25, 0.3) is 0 Å². The number of rotatable bonds is 4. The van der Waals surface area contributed by atoms with E-state index in [-0.39, 0.29) is 0 Å². The number of aromatic nitrogens is 3. The Labute approximate surface area is 111 Å². The Morgan fingerprint density at radius 3 is 2.61 bits per heavy atom. The van der Waals surface area contributed by atoms with Gasteiger partial charge >= 0.3 is 0 Å². The van der Waals surface area contributed by atoms with Crippen LogP contribution in [-0.2, 0) is 12.1 Å². The van der Waals surface area contributed by atoms with Gasteiger partial charge < -0.3 is 5.11 Å². The second-order valence-corrected chi connectivity index (χ2v) is 4.86. The molecule has 1 N–H and O–H groups in total. The Morgan fingerprint density at radius 2 is 2.00 bits per heavy atom. The molecule has 0 bridgehead atoms. The first-order valence-corrected chi connectivity index (χ1v) is 6.31. The maximum atomic E-state index is 10.7. The molecule has 0 aliphatic rings. The van der Waals surface area contributed by atoms with Crippen LogP contribution in [-0.4, -0.2) is 20.1 Å². The SMILES string of the molecule is CCCn1nncc1C(C)(O)c1ccc(Cl)cc1. The molecule has 5 heteroatoms. The molecule has 1 unspecified atom stereocenters. The number of hydrogen-bond acceptors (Lipinski definition) is 3. The minimum absolute atomic E-state index is 0.648. The molecule has 96 valence electrons. The molecule has 18 heavy (non-hydrogen) atoms. The van der Waals surface area contributed by atoms with E-state index in [2.05, 4.69) is 17.2 Å². The summed E-state index contributed by atoms with van der Waals surface area (Å²) < 4.78 is 1.73. The Balaban J connectivity index is 2.40. The summed E-state index contributed by atoms with van der Waals surface area (Å²) >= 11 is 5.86. The third-order valence-corrected chi connectivity index (χ3v) is 3.21. The van der Waals surface area contributed by atoms with Gasteiger partial charge in [-0.05, 0) is 31.0 Å². The summed E-state index contributed by atoms with van der Waals surface area (Å²) in [4.78, 5) is 0. The average molecular weight is 266 g/mol. The Kier molecular flexibility index (Phi) is 3.68. The molecule has 0 fully saturated rings. The van der Waals surface area contributed by atoms with E-state index >= 15 is 0 Å². The van der Waals surface area contributed by atoms with E-state index < -0.39 is 5.60 Å². The minimum atomic E-state index is -1.12. The van der Waals surface area contributed by atoms with Crippen molar-refractivity contribution in [2.45, 2.75) is 32.4 Å². The van der Waals surface area contributed by atoms with Crippen molar-refractivity contribution in [2.24, 2.45) is 0 Å². The maximum absolute atomic E-state index is 10.7. The van der Waals surface area contributed by atoms with Gasteiger partial charge in [0.1, 0.15) is 5.60 Å². The van der Waals surface area contributed by atoms with Crippen molar-refractivity contribution < 1.29 is 5.11 Å². The summed E-state index contributed by atoms with van der Waals surface area (Å²) in [6.07, 6.45) is 2.54. The number of hydrogen-bond donors (Lipinski definition) is 1. The molecule has 2 rings (SSSR count). The number of aliphatic hydroxyl groups is 1. The first kappa shape index (κ1) is 13.1. The summed E-state index contributed by atoms with van der Waals surface area (Å²) in [5.74, 6) is 0. The predicted octanol–water partition coefficient (Wildman–Crippen LogP) is 2.60. The Bertz CT molecular complexity index is 519. The van der Waals surface area contributed by atoms with E-state index in [1.165, 1.54) is 0 Å². The van der Waals surface area contributed by atoms with Crippen LogP contribution in [0.5, 0.6) is 0 Å². The van der Waals surface area contributed by atoms with Crippen LogP contribution in [0.1, 0.15) is 31.5 Å². The fourth-order valence-electron chi connectivity index (χ4n) is 1.93. The van der Waals surface area contributed by atoms with E-state index in [4.69, 9.17) is 11.6 Å². The van der Waals surface area contributed by atoms with Gasteiger partial charge in [-0.2, -0.15) is 0 Å². The van der Waals surface area contributed by atoms with Crippen LogP contribution in [0.4, 0.5) is 0 Å². The Morgan fingerprint density at radius 1 is 1.33 bits per heavy atom. The summed E-state index contributed by atoms with van der Waals surface area (Å²) in [7, 11) is 0. The first-order chi connectivity index (χ1) is 8.55. The summed E-state index contributed by atoms with van der Waals surface area (Å²) in [5.41, 5.74) is 0.335. The lowest BCUT2D eigenvalue weighted by molar-refractivity contribution is 0.0914. The monoisotopic (exact) mass is 265 g/mol. The third kappa shape index (κ3) is 2.40. The van der Waals surface area contributed by atoms with Gasteiger partial charge in [-0.25, -0.2) is 4.68 Å². The highest BCUT2D eigenvalue weighted by molar-refractivity contribution is 6.30. The normalized spacial score (nSPS) is 14.4. The van der Waals surface area contributed by atoms with Crippen LogP contribution in [0.2, 0.25) is 5.02 Å². The Hall–Kier alpha value is -1.39. The van der Waals surface area contributed by atoms with Gasteiger partial charge in [0.2, 0.25) is 0 Å². The lowest BCUT2D eigenvalue weighted by atomic mass is 9.93. The third-order valence-electron chi connectivity index (χ3n) is 2.96. The van der Waals surface area contributed by atoms with Crippen LogP contribution in [0.3, 0.4) is 0 Å². The molecule has 0 saturated carbocycles. The lowest BCUT2D eigenvalue weighted by Crippen LogP contribution is -2.27. The largest absolute Gasteiger partial charge is 0.379 e. The molecular weight excluding hydrogens is 250 g/mol. The summed E-state index contributed by atoms with van der Waals surface area (Å²) in [5, 5.41) is 19.2. The molecule has 1 aromatic heterocycles. The van der Waals surface area contributed by atoms with Crippen molar-refractivity contribution in [2.75, 3.05) is 0 Å². The van der Waals surface area contributed by atoms with Gasteiger partial charge in [0, 0.05) is 11.6 Å². The number of aryl methyl sites for hydroxylation is 1. The molecule has 1 heterocycles. The molecule has 0 aliphatic carbocycles. The maximum Gasteiger partial charge on any atom is 0.130 e. The average Bonchev–Trinajstić information content (AvgIpc) is 2.79. The van der Waals surface area contributed by atoms with Crippen molar-refractivity contribution in [1.82, 2.24) is 15.0 Å². The van der Waals surface area contributed by atoms with Crippen LogP contribution in [0.15, 0.2) is 30.5 Å². The smallest absolute Gasteiger partial charge is 0.130 e. The van der Waals surface area contributed by atoms with Crippen molar-refractivity contribution in [3.63, 3.8) is 0 Å². The number of benzene rings is 1. The van der Waals surface area contributed by atoms with Crippen molar-refractivity contribution in [3.05, 3.63) is 46.7 Å². The fraction of sp³-hybridized carbons (Fsp3) is 0.385. The van der Waals surface area contributed by atoms with Crippen LogP contribution in [0, 0.1) is 0 Å². The number of nitrogens with zero attached hydrogens (tertiary/aromatic N) is 3. The van der Waals surface area contributed by atoms with Gasteiger partial charge in [-0.3, -0.25) is 0 Å². The zero-order valence-corrected chi connectivity index (χ0v) is 11.2. The van der Waals surface area contributed by atoms with E-state index in [0.717, 1.165) is 18.5 Å². The zero-order valence-electron chi connectivity index (χ0n) is 10.5. The van der Waals surface area contributed by atoms with Gasteiger partial charge in [0.05, 0.1) is 11.9 Å². The van der Waals surface area contributed by atoms with E-state index in [1.807, 2.05) is 12.1 Å². The lowest BCUT2D eigenvalue weighted by Gasteiger charge is -2.24. The van der Waals surface area contributed by atoms with E-state index in [9.17, 15) is 5.11 Å². The molecule has 4 nitrogen and oxygen atoms in total. The second-order valence-electron chi connectivity index (χ2n) is 4.42. The van der Waals surface area contributed by atoms with Crippen LogP contribution >= 0.6 is 11.6 Å². The predicted molar refractivity (Wildman–Crippen MR) is 70.4 cm³/mol. The molecule has 0 aliphatic heterocycles. The molecule has 2 aromatic rings. The molecule has 0 radical (unpaired) electrons. The van der Waals surface area contributed by atoms with Gasteiger partial charge in [0.15, 0.2) is 0 Å².